The summed E-state index contributed by atoms with van der Waals surface area (Å²) in [5.74, 6) is 1.12. The second-order valence-corrected chi connectivity index (χ2v) is 5.89. The van der Waals surface area contributed by atoms with Crippen LogP contribution in [-0.4, -0.2) is 21.8 Å². The summed E-state index contributed by atoms with van der Waals surface area (Å²) in [5.41, 5.74) is 3.80. The summed E-state index contributed by atoms with van der Waals surface area (Å²) >= 11 is 0. The van der Waals surface area contributed by atoms with Gasteiger partial charge in [-0.25, -0.2) is 10.4 Å². The van der Waals surface area contributed by atoms with Crippen LogP contribution >= 0.6 is 0 Å². The van der Waals surface area contributed by atoms with Gasteiger partial charge in [0.1, 0.15) is 11.4 Å². The summed E-state index contributed by atoms with van der Waals surface area (Å²) in [6.45, 7) is 7.75. The van der Waals surface area contributed by atoms with Gasteiger partial charge >= 0.3 is 0 Å². The number of aryl methyl sites for hydroxylation is 1. The first-order valence-electron chi connectivity index (χ1n) is 6.98. The van der Waals surface area contributed by atoms with Crippen LogP contribution in [0.15, 0.2) is 40.2 Å². The highest BCUT2D eigenvalue weighted by Crippen LogP contribution is 2.17. The van der Waals surface area contributed by atoms with E-state index in [4.69, 9.17) is 4.74 Å². The van der Waals surface area contributed by atoms with E-state index >= 15 is 0 Å². The van der Waals surface area contributed by atoms with Crippen molar-refractivity contribution in [3.63, 3.8) is 0 Å². The summed E-state index contributed by atoms with van der Waals surface area (Å²) in [5, 5.41) is 4.05. The number of hydrogen-bond donors (Lipinski definition) is 2. The smallest absolute Gasteiger partial charge is 0.252 e. The number of ether oxygens (including phenoxy) is 1. The molecule has 6 heteroatoms. The lowest BCUT2D eigenvalue weighted by Gasteiger charge is -2.21. The van der Waals surface area contributed by atoms with Crippen LogP contribution in [0.1, 0.15) is 32.0 Å². The monoisotopic (exact) mass is 300 g/mol. The highest BCUT2D eigenvalue weighted by Gasteiger charge is 2.10. The van der Waals surface area contributed by atoms with Crippen LogP contribution in [0.4, 0.5) is 5.95 Å². The van der Waals surface area contributed by atoms with E-state index in [-0.39, 0.29) is 11.2 Å². The molecule has 2 aromatic rings. The van der Waals surface area contributed by atoms with E-state index in [0.29, 0.717) is 11.6 Å². The van der Waals surface area contributed by atoms with Crippen molar-refractivity contribution < 1.29 is 4.74 Å². The number of benzene rings is 1. The summed E-state index contributed by atoms with van der Waals surface area (Å²) in [6, 6.07) is 9.00. The molecule has 0 saturated carbocycles. The summed E-state index contributed by atoms with van der Waals surface area (Å²) in [7, 11) is 0. The Balaban J connectivity index is 2.00. The predicted octanol–water partition coefficient (Wildman–Crippen LogP) is 2.70. The zero-order valence-electron chi connectivity index (χ0n) is 13.2. The normalized spacial score (nSPS) is 11.6. The van der Waals surface area contributed by atoms with E-state index in [1.54, 1.807) is 13.1 Å². The first-order chi connectivity index (χ1) is 10.3. The number of nitrogens with zero attached hydrogens (tertiary/aromatic N) is 2. The molecular formula is C16H20N4O2. The van der Waals surface area contributed by atoms with E-state index in [1.807, 2.05) is 45.0 Å². The predicted molar refractivity (Wildman–Crippen MR) is 87.6 cm³/mol. The molecule has 0 radical (unpaired) electrons. The first kappa shape index (κ1) is 15.8. The molecule has 1 aromatic heterocycles. The molecule has 0 atom stereocenters. The number of H-pyrrole nitrogens is 1. The number of aromatic nitrogens is 2. The maximum atomic E-state index is 11.3. The second kappa shape index (κ2) is 6.43. The van der Waals surface area contributed by atoms with Gasteiger partial charge in [0.05, 0.1) is 6.21 Å². The maximum absolute atomic E-state index is 11.3. The van der Waals surface area contributed by atoms with Gasteiger partial charge in [0.2, 0.25) is 5.95 Å². The van der Waals surface area contributed by atoms with E-state index in [1.165, 1.54) is 6.07 Å². The van der Waals surface area contributed by atoms with E-state index in [0.717, 1.165) is 11.3 Å². The van der Waals surface area contributed by atoms with Crippen LogP contribution in [0.25, 0.3) is 0 Å². The van der Waals surface area contributed by atoms with Crippen LogP contribution in [0.2, 0.25) is 0 Å². The van der Waals surface area contributed by atoms with Gasteiger partial charge in [-0.1, -0.05) is 0 Å². The van der Waals surface area contributed by atoms with Crippen molar-refractivity contribution in [2.24, 2.45) is 5.10 Å². The van der Waals surface area contributed by atoms with Gasteiger partial charge in [-0.3, -0.25) is 9.78 Å². The molecule has 0 bridgehead atoms. The van der Waals surface area contributed by atoms with E-state index < -0.39 is 0 Å². The third kappa shape index (κ3) is 5.05. The number of nitrogens with one attached hydrogen (secondary N) is 2. The minimum absolute atomic E-state index is 0.214. The Morgan fingerprint density at radius 2 is 1.95 bits per heavy atom. The van der Waals surface area contributed by atoms with E-state index in [2.05, 4.69) is 20.5 Å². The van der Waals surface area contributed by atoms with Gasteiger partial charge in [0.15, 0.2) is 0 Å². The van der Waals surface area contributed by atoms with Crippen molar-refractivity contribution in [1.29, 1.82) is 0 Å². The molecule has 0 unspecified atom stereocenters. The van der Waals surface area contributed by atoms with Crippen molar-refractivity contribution in [2.75, 3.05) is 5.43 Å². The molecule has 6 nitrogen and oxygen atoms in total. The number of anilines is 1. The lowest BCUT2D eigenvalue weighted by molar-refractivity contribution is 0.131. The SMILES string of the molecule is Cc1cc(=O)[nH]c(N/N=C\c2ccc(OC(C)(C)C)cc2)n1. The van der Waals surface area contributed by atoms with Crippen LogP contribution in [-0.2, 0) is 0 Å². The Morgan fingerprint density at radius 3 is 2.55 bits per heavy atom. The number of rotatable bonds is 4. The molecule has 0 aliphatic heterocycles. The van der Waals surface area contributed by atoms with Crippen LogP contribution < -0.4 is 15.7 Å². The van der Waals surface area contributed by atoms with Crippen molar-refractivity contribution in [3.8, 4) is 5.75 Å². The minimum atomic E-state index is -0.222. The Bertz CT molecular complexity index is 712. The van der Waals surface area contributed by atoms with Crippen LogP contribution in [0, 0.1) is 6.92 Å². The van der Waals surface area contributed by atoms with Crippen LogP contribution in [0.3, 0.4) is 0 Å². The van der Waals surface area contributed by atoms with Crippen molar-refractivity contribution in [3.05, 3.63) is 51.9 Å². The lowest BCUT2D eigenvalue weighted by Crippen LogP contribution is -2.22. The molecule has 2 N–H and O–H groups in total. The lowest BCUT2D eigenvalue weighted by atomic mass is 10.2. The zero-order valence-corrected chi connectivity index (χ0v) is 13.2. The fourth-order valence-electron chi connectivity index (χ4n) is 1.78. The molecule has 1 aromatic carbocycles. The topological polar surface area (TPSA) is 79.4 Å². The molecule has 0 spiro atoms. The Morgan fingerprint density at radius 1 is 1.27 bits per heavy atom. The minimum Gasteiger partial charge on any atom is -0.488 e. The van der Waals surface area contributed by atoms with Gasteiger partial charge in [-0.2, -0.15) is 5.10 Å². The van der Waals surface area contributed by atoms with Gasteiger partial charge in [0.25, 0.3) is 5.56 Å². The number of hydrogen-bond acceptors (Lipinski definition) is 5. The molecule has 1 heterocycles. The fraction of sp³-hybridized carbons (Fsp3) is 0.312. The third-order valence-corrected chi connectivity index (χ3v) is 2.56. The highest BCUT2D eigenvalue weighted by molar-refractivity contribution is 5.80. The quantitative estimate of drug-likeness (QED) is 0.672. The zero-order chi connectivity index (χ0) is 16.2. The van der Waals surface area contributed by atoms with Crippen LogP contribution in [0.5, 0.6) is 5.75 Å². The Hall–Kier alpha value is -2.63. The van der Waals surface area contributed by atoms with Crippen molar-refractivity contribution in [1.82, 2.24) is 9.97 Å². The molecule has 0 saturated heterocycles. The summed E-state index contributed by atoms with van der Waals surface area (Å²) in [4.78, 5) is 18.0. The Kier molecular flexibility index (Phi) is 4.60. The summed E-state index contributed by atoms with van der Waals surface area (Å²) < 4.78 is 5.75. The molecule has 0 amide bonds. The molecule has 22 heavy (non-hydrogen) atoms. The van der Waals surface area contributed by atoms with Gasteiger partial charge in [-0.15, -0.1) is 0 Å². The number of hydrazone groups is 1. The molecule has 0 aliphatic carbocycles. The molecule has 0 fully saturated rings. The van der Waals surface area contributed by atoms with Crippen molar-refractivity contribution >= 4 is 12.2 Å². The first-order valence-corrected chi connectivity index (χ1v) is 6.98. The average molecular weight is 300 g/mol. The molecular weight excluding hydrogens is 280 g/mol. The van der Waals surface area contributed by atoms with Gasteiger partial charge < -0.3 is 4.74 Å². The van der Waals surface area contributed by atoms with Gasteiger partial charge in [0, 0.05) is 11.8 Å². The molecule has 0 aliphatic rings. The summed E-state index contributed by atoms with van der Waals surface area (Å²) in [6.07, 6.45) is 1.64. The third-order valence-electron chi connectivity index (χ3n) is 2.56. The maximum Gasteiger partial charge on any atom is 0.252 e. The largest absolute Gasteiger partial charge is 0.488 e. The van der Waals surface area contributed by atoms with E-state index in [9.17, 15) is 4.79 Å². The fourth-order valence-corrected chi connectivity index (χ4v) is 1.78. The number of aromatic amines is 1. The van der Waals surface area contributed by atoms with Crippen molar-refractivity contribution in [2.45, 2.75) is 33.3 Å². The average Bonchev–Trinajstić information content (AvgIpc) is 2.38. The standard InChI is InChI=1S/C16H20N4O2/c1-11-9-14(21)19-15(18-11)20-17-10-12-5-7-13(8-6-12)22-16(2,3)4/h5-10H,1-4H3,(H2,18,19,20,21)/b17-10-. The van der Waals surface area contributed by atoms with Gasteiger partial charge in [-0.05, 0) is 57.5 Å². The molecule has 2 rings (SSSR count). The highest BCUT2D eigenvalue weighted by atomic mass is 16.5. The second-order valence-electron chi connectivity index (χ2n) is 5.89. The molecule has 116 valence electrons. The Labute approximate surface area is 129 Å².